The van der Waals surface area contributed by atoms with Crippen molar-refractivity contribution in [1.82, 2.24) is 0 Å². The van der Waals surface area contributed by atoms with Gasteiger partial charge < -0.3 is 5.11 Å². The van der Waals surface area contributed by atoms with Gasteiger partial charge in [0, 0.05) is 0 Å². The van der Waals surface area contributed by atoms with E-state index >= 15 is 0 Å². The highest BCUT2D eigenvalue weighted by atomic mass is 32.2. The van der Waals surface area contributed by atoms with Gasteiger partial charge in [0.05, 0.1) is 11.0 Å². The van der Waals surface area contributed by atoms with Crippen LogP contribution in [0, 0.1) is 6.92 Å². The molecule has 0 aliphatic heterocycles. The van der Waals surface area contributed by atoms with E-state index in [1.807, 2.05) is 6.92 Å². The molecule has 0 aromatic heterocycles. The summed E-state index contributed by atoms with van der Waals surface area (Å²) in [6, 6.07) is 6.51. The summed E-state index contributed by atoms with van der Waals surface area (Å²) in [4.78, 5) is 0.144. The van der Waals surface area contributed by atoms with E-state index in [0.717, 1.165) is 18.4 Å². The van der Waals surface area contributed by atoms with E-state index in [0.29, 0.717) is 12.8 Å². The maximum absolute atomic E-state index is 12.0. The fraction of sp³-hybridized carbons (Fsp3) is 0.538. The van der Waals surface area contributed by atoms with Gasteiger partial charge in [0.25, 0.3) is 10.1 Å². The molecule has 0 radical (unpaired) electrons. The molecule has 0 unspecified atom stereocenters. The molecule has 1 N–H and O–H groups in total. The third-order valence-electron chi connectivity index (χ3n) is 3.23. The van der Waals surface area contributed by atoms with E-state index in [4.69, 9.17) is 4.18 Å². The molecular formula is C13H18O4S. The molecule has 0 heterocycles. The summed E-state index contributed by atoms with van der Waals surface area (Å²) in [5, 5.41) is 9.73. The maximum Gasteiger partial charge on any atom is 0.297 e. The molecule has 1 aromatic rings. The summed E-state index contributed by atoms with van der Waals surface area (Å²) in [6.45, 7) is 1.89. The summed E-state index contributed by atoms with van der Waals surface area (Å²) in [6.07, 6.45) is 1.72. The predicted molar refractivity (Wildman–Crippen MR) is 67.7 cm³/mol. The number of aryl methyl sites for hydroxylation is 1. The standard InChI is InChI=1S/C13H18O4S/c1-10-6-8-11(9-7-10)18(15,16)17-13-5-3-2-4-12(13)14/h6-9,12-14H,2-5H2,1H3/t12-,13-/m1/s1. The first-order chi connectivity index (χ1) is 8.49. The van der Waals surface area contributed by atoms with Crippen molar-refractivity contribution in [2.45, 2.75) is 49.7 Å². The number of benzene rings is 1. The van der Waals surface area contributed by atoms with E-state index in [-0.39, 0.29) is 4.90 Å². The van der Waals surface area contributed by atoms with E-state index in [2.05, 4.69) is 0 Å². The van der Waals surface area contributed by atoms with Gasteiger partial charge in [0.2, 0.25) is 0 Å². The summed E-state index contributed by atoms with van der Waals surface area (Å²) in [5.41, 5.74) is 0.992. The minimum absolute atomic E-state index is 0.144. The van der Waals surface area contributed by atoms with Gasteiger partial charge in [-0.25, -0.2) is 0 Å². The van der Waals surface area contributed by atoms with Crippen LogP contribution in [0.4, 0.5) is 0 Å². The first-order valence-electron chi connectivity index (χ1n) is 6.17. The van der Waals surface area contributed by atoms with Gasteiger partial charge in [0.15, 0.2) is 0 Å². The smallest absolute Gasteiger partial charge is 0.297 e. The largest absolute Gasteiger partial charge is 0.390 e. The molecule has 0 spiro atoms. The van der Waals surface area contributed by atoms with Crippen molar-refractivity contribution >= 4 is 10.1 Å². The molecule has 1 saturated carbocycles. The normalized spacial score (nSPS) is 25.0. The fourth-order valence-corrected chi connectivity index (χ4v) is 3.24. The van der Waals surface area contributed by atoms with Crippen LogP contribution in [0.2, 0.25) is 0 Å². The second kappa shape index (κ2) is 5.38. The van der Waals surface area contributed by atoms with E-state index in [1.165, 1.54) is 12.1 Å². The van der Waals surface area contributed by atoms with E-state index < -0.39 is 22.3 Å². The van der Waals surface area contributed by atoms with E-state index in [9.17, 15) is 13.5 Å². The van der Waals surface area contributed by atoms with Crippen LogP contribution >= 0.6 is 0 Å². The van der Waals surface area contributed by atoms with Gasteiger partial charge in [-0.15, -0.1) is 0 Å². The van der Waals surface area contributed by atoms with Gasteiger partial charge in [-0.1, -0.05) is 30.5 Å². The Morgan fingerprint density at radius 3 is 2.39 bits per heavy atom. The minimum atomic E-state index is -3.77. The van der Waals surface area contributed by atoms with Gasteiger partial charge >= 0.3 is 0 Å². The van der Waals surface area contributed by atoms with Crippen molar-refractivity contribution in [3.05, 3.63) is 29.8 Å². The van der Waals surface area contributed by atoms with E-state index in [1.54, 1.807) is 12.1 Å². The van der Waals surface area contributed by atoms with Gasteiger partial charge in [0.1, 0.15) is 6.10 Å². The zero-order valence-electron chi connectivity index (χ0n) is 10.4. The van der Waals surface area contributed by atoms with Crippen LogP contribution in [0.15, 0.2) is 29.2 Å². The summed E-state index contributed by atoms with van der Waals surface area (Å²) in [5.74, 6) is 0. The molecule has 5 heteroatoms. The minimum Gasteiger partial charge on any atom is -0.390 e. The third-order valence-corrected chi connectivity index (χ3v) is 4.58. The highest BCUT2D eigenvalue weighted by molar-refractivity contribution is 7.86. The van der Waals surface area contributed by atoms with Crippen molar-refractivity contribution in [3.63, 3.8) is 0 Å². The first kappa shape index (κ1) is 13.5. The Morgan fingerprint density at radius 2 is 1.78 bits per heavy atom. The predicted octanol–water partition coefficient (Wildman–Crippen LogP) is 2.00. The monoisotopic (exact) mass is 270 g/mol. The molecule has 0 amide bonds. The Kier molecular flexibility index (Phi) is 4.04. The lowest BCUT2D eigenvalue weighted by Gasteiger charge is -2.26. The summed E-state index contributed by atoms with van der Waals surface area (Å²) in [7, 11) is -3.77. The van der Waals surface area contributed by atoms with Gasteiger partial charge in [-0.05, 0) is 31.9 Å². The van der Waals surface area contributed by atoms with Crippen LogP contribution < -0.4 is 0 Å². The second-order valence-corrected chi connectivity index (χ2v) is 6.33. The highest BCUT2D eigenvalue weighted by Gasteiger charge is 2.29. The average Bonchev–Trinajstić information content (AvgIpc) is 2.32. The van der Waals surface area contributed by atoms with Gasteiger partial charge in [-0.3, -0.25) is 4.18 Å². The number of aliphatic hydroxyl groups excluding tert-OH is 1. The quantitative estimate of drug-likeness (QED) is 0.853. The lowest BCUT2D eigenvalue weighted by atomic mass is 9.95. The lowest BCUT2D eigenvalue weighted by molar-refractivity contribution is 0.0105. The molecule has 4 nitrogen and oxygen atoms in total. The lowest BCUT2D eigenvalue weighted by Crippen LogP contribution is -2.34. The molecular weight excluding hydrogens is 252 g/mol. The Morgan fingerprint density at radius 1 is 1.17 bits per heavy atom. The third kappa shape index (κ3) is 3.10. The Balaban J connectivity index is 2.13. The summed E-state index contributed by atoms with van der Waals surface area (Å²) >= 11 is 0. The average molecular weight is 270 g/mol. The molecule has 1 fully saturated rings. The Labute approximate surface area is 108 Å². The van der Waals surface area contributed by atoms with Crippen molar-refractivity contribution in [2.24, 2.45) is 0 Å². The number of hydrogen-bond acceptors (Lipinski definition) is 4. The zero-order valence-corrected chi connectivity index (χ0v) is 11.2. The molecule has 2 atom stereocenters. The first-order valence-corrected chi connectivity index (χ1v) is 7.58. The highest BCUT2D eigenvalue weighted by Crippen LogP contribution is 2.25. The molecule has 100 valence electrons. The molecule has 0 bridgehead atoms. The number of aliphatic hydroxyl groups is 1. The van der Waals surface area contributed by atoms with Crippen LogP contribution in [-0.2, 0) is 14.3 Å². The van der Waals surface area contributed by atoms with Gasteiger partial charge in [-0.2, -0.15) is 8.42 Å². The van der Waals surface area contributed by atoms with Crippen molar-refractivity contribution in [2.75, 3.05) is 0 Å². The van der Waals surface area contributed by atoms with Crippen molar-refractivity contribution in [3.8, 4) is 0 Å². The fourth-order valence-electron chi connectivity index (χ4n) is 2.11. The van der Waals surface area contributed by atoms with Crippen LogP contribution in [0.3, 0.4) is 0 Å². The molecule has 1 aromatic carbocycles. The molecule has 18 heavy (non-hydrogen) atoms. The molecule has 2 rings (SSSR count). The zero-order chi connectivity index (χ0) is 13.2. The number of rotatable bonds is 3. The summed E-state index contributed by atoms with van der Waals surface area (Å²) < 4.78 is 29.2. The van der Waals surface area contributed by atoms with Crippen molar-refractivity contribution in [1.29, 1.82) is 0 Å². The number of hydrogen-bond donors (Lipinski definition) is 1. The Hall–Kier alpha value is -0.910. The van der Waals surface area contributed by atoms with Crippen LogP contribution in [-0.4, -0.2) is 25.7 Å². The van der Waals surface area contributed by atoms with Crippen LogP contribution in [0.1, 0.15) is 31.2 Å². The molecule has 0 saturated heterocycles. The SMILES string of the molecule is Cc1ccc(S(=O)(=O)O[C@@H]2CCCC[C@H]2O)cc1. The van der Waals surface area contributed by atoms with Crippen LogP contribution in [0.25, 0.3) is 0 Å². The van der Waals surface area contributed by atoms with Crippen molar-refractivity contribution < 1.29 is 17.7 Å². The molecule has 1 aliphatic rings. The second-order valence-electron chi connectivity index (χ2n) is 4.75. The maximum atomic E-state index is 12.0. The topological polar surface area (TPSA) is 63.6 Å². The molecule has 1 aliphatic carbocycles. The Bertz CT molecular complexity index is 492. The van der Waals surface area contributed by atoms with Crippen LogP contribution in [0.5, 0.6) is 0 Å².